The fraction of sp³-hybridized carbons (Fsp3) is 0.625. The lowest BCUT2D eigenvalue weighted by atomic mass is 9.96. The van der Waals surface area contributed by atoms with E-state index in [1.807, 2.05) is 13.0 Å². The fourth-order valence-electron chi connectivity index (χ4n) is 3.05. The Labute approximate surface area is 127 Å². The summed E-state index contributed by atoms with van der Waals surface area (Å²) in [5, 5.41) is 6.24. The van der Waals surface area contributed by atoms with Crippen LogP contribution in [0, 0.1) is 0 Å². The summed E-state index contributed by atoms with van der Waals surface area (Å²) in [5.74, 6) is 0.606. The number of pyridine rings is 1. The molecule has 1 aliphatic carbocycles. The van der Waals surface area contributed by atoms with Crippen molar-refractivity contribution < 1.29 is 4.79 Å². The van der Waals surface area contributed by atoms with Gasteiger partial charge in [0.05, 0.1) is 5.56 Å². The minimum absolute atomic E-state index is 0.0489. The summed E-state index contributed by atoms with van der Waals surface area (Å²) in [6.07, 6.45) is 6.47. The SMILES string of the molecule is CCNc1ncccc1C(=O)NCC1(N(C)C)CCCC1. The molecule has 0 saturated heterocycles. The van der Waals surface area contributed by atoms with Gasteiger partial charge >= 0.3 is 0 Å². The maximum atomic E-state index is 12.5. The second-order valence-corrected chi connectivity index (χ2v) is 5.94. The number of carbonyl (C=O) groups is 1. The lowest BCUT2D eigenvalue weighted by Crippen LogP contribution is -2.50. The van der Waals surface area contributed by atoms with E-state index in [2.05, 4.69) is 34.6 Å². The van der Waals surface area contributed by atoms with Crippen molar-refractivity contribution in [2.75, 3.05) is 32.5 Å². The van der Waals surface area contributed by atoms with Gasteiger partial charge in [-0.1, -0.05) is 12.8 Å². The predicted molar refractivity (Wildman–Crippen MR) is 85.6 cm³/mol. The molecular formula is C16H26N4O. The average Bonchev–Trinajstić information content (AvgIpc) is 2.96. The molecular weight excluding hydrogens is 264 g/mol. The van der Waals surface area contributed by atoms with Gasteiger partial charge in [-0.2, -0.15) is 0 Å². The maximum Gasteiger partial charge on any atom is 0.255 e. The first-order valence-corrected chi connectivity index (χ1v) is 7.73. The van der Waals surface area contributed by atoms with E-state index in [0.29, 0.717) is 17.9 Å². The third-order valence-electron chi connectivity index (χ3n) is 4.46. The van der Waals surface area contributed by atoms with E-state index in [9.17, 15) is 4.79 Å². The Morgan fingerprint density at radius 1 is 1.38 bits per heavy atom. The second-order valence-electron chi connectivity index (χ2n) is 5.94. The molecule has 1 aliphatic rings. The molecule has 116 valence electrons. The van der Waals surface area contributed by atoms with E-state index in [4.69, 9.17) is 0 Å². The molecule has 21 heavy (non-hydrogen) atoms. The summed E-state index contributed by atoms with van der Waals surface area (Å²) in [6.45, 7) is 3.44. The van der Waals surface area contributed by atoms with E-state index in [-0.39, 0.29) is 11.4 Å². The molecule has 0 aromatic carbocycles. The summed E-state index contributed by atoms with van der Waals surface area (Å²) >= 11 is 0. The number of hydrogen-bond donors (Lipinski definition) is 2. The minimum atomic E-state index is -0.0489. The Balaban J connectivity index is 2.05. The molecule has 1 aromatic rings. The van der Waals surface area contributed by atoms with Crippen LogP contribution >= 0.6 is 0 Å². The molecule has 1 fully saturated rings. The number of rotatable bonds is 6. The molecule has 5 heteroatoms. The number of anilines is 1. The van der Waals surface area contributed by atoms with Gasteiger partial charge in [0.1, 0.15) is 5.82 Å². The summed E-state index contributed by atoms with van der Waals surface area (Å²) < 4.78 is 0. The van der Waals surface area contributed by atoms with Gasteiger partial charge in [0.25, 0.3) is 5.91 Å². The first-order valence-electron chi connectivity index (χ1n) is 7.73. The third-order valence-corrected chi connectivity index (χ3v) is 4.46. The second kappa shape index (κ2) is 6.89. The zero-order chi connectivity index (χ0) is 15.3. The minimum Gasteiger partial charge on any atom is -0.370 e. The smallest absolute Gasteiger partial charge is 0.255 e. The van der Waals surface area contributed by atoms with Crippen molar-refractivity contribution in [1.29, 1.82) is 0 Å². The number of amides is 1. The number of aromatic nitrogens is 1. The van der Waals surface area contributed by atoms with Crippen LogP contribution in [0.3, 0.4) is 0 Å². The fourth-order valence-corrected chi connectivity index (χ4v) is 3.05. The van der Waals surface area contributed by atoms with E-state index in [1.54, 1.807) is 12.3 Å². The molecule has 1 heterocycles. The van der Waals surface area contributed by atoms with Crippen LogP contribution in [0.15, 0.2) is 18.3 Å². The predicted octanol–water partition coefficient (Wildman–Crippen LogP) is 2.12. The van der Waals surface area contributed by atoms with E-state index >= 15 is 0 Å². The molecule has 2 rings (SSSR count). The van der Waals surface area contributed by atoms with Gasteiger partial charge in [-0.3, -0.25) is 4.79 Å². The lowest BCUT2D eigenvalue weighted by molar-refractivity contribution is 0.0900. The highest BCUT2D eigenvalue weighted by atomic mass is 16.1. The topological polar surface area (TPSA) is 57.3 Å². The summed E-state index contributed by atoms with van der Waals surface area (Å²) in [5.41, 5.74) is 0.724. The largest absolute Gasteiger partial charge is 0.370 e. The van der Waals surface area contributed by atoms with Crippen molar-refractivity contribution in [2.45, 2.75) is 38.1 Å². The van der Waals surface area contributed by atoms with E-state index in [0.717, 1.165) is 19.4 Å². The van der Waals surface area contributed by atoms with Crippen LogP contribution < -0.4 is 10.6 Å². The van der Waals surface area contributed by atoms with Gasteiger partial charge < -0.3 is 15.5 Å². The van der Waals surface area contributed by atoms with Gasteiger partial charge in [-0.25, -0.2) is 4.98 Å². The number of nitrogens with one attached hydrogen (secondary N) is 2. The van der Waals surface area contributed by atoms with Gasteiger partial charge in [0.15, 0.2) is 0 Å². The first-order chi connectivity index (χ1) is 10.1. The zero-order valence-electron chi connectivity index (χ0n) is 13.3. The molecule has 0 aliphatic heterocycles. The van der Waals surface area contributed by atoms with Crippen LogP contribution in [0.4, 0.5) is 5.82 Å². The normalized spacial score (nSPS) is 17.0. The Hall–Kier alpha value is -1.62. The Morgan fingerprint density at radius 3 is 2.71 bits per heavy atom. The van der Waals surface area contributed by atoms with Gasteiger partial charge in [0.2, 0.25) is 0 Å². The number of likely N-dealkylation sites (N-methyl/N-ethyl adjacent to an activating group) is 1. The summed E-state index contributed by atoms with van der Waals surface area (Å²) in [6, 6.07) is 3.62. The highest BCUT2D eigenvalue weighted by molar-refractivity contribution is 5.98. The average molecular weight is 290 g/mol. The van der Waals surface area contributed by atoms with Crippen LogP contribution in [0.1, 0.15) is 43.0 Å². The number of nitrogens with zero attached hydrogens (tertiary/aromatic N) is 2. The molecule has 0 spiro atoms. The lowest BCUT2D eigenvalue weighted by Gasteiger charge is -2.36. The van der Waals surface area contributed by atoms with Crippen molar-refractivity contribution in [3.8, 4) is 0 Å². The number of hydrogen-bond acceptors (Lipinski definition) is 4. The Bertz CT molecular complexity index is 481. The van der Waals surface area contributed by atoms with Crippen LogP contribution in [-0.4, -0.2) is 48.5 Å². The van der Waals surface area contributed by atoms with Crippen LogP contribution in [-0.2, 0) is 0 Å². The molecule has 0 radical (unpaired) electrons. The molecule has 1 aromatic heterocycles. The van der Waals surface area contributed by atoms with Crippen molar-refractivity contribution in [3.63, 3.8) is 0 Å². The number of carbonyl (C=O) groups excluding carboxylic acids is 1. The standard InChI is InChI=1S/C16H26N4O/c1-4-17-14-13(8-7-11-18-14)15(21)19-12-16(20(2)3)9-5-6-10-16/h7-8,11H,4-6,9-10,12H2,1-3H3,(H,17,18)(H,19,21). The van der Waals surface area contributed by atoms with E-state index in [1.165, 1.54) is 12.8 Å². The molecule has 0 unspecified atom stereocenters. The Kier molecular flexibility index (Phi) is 5.17. The van der Waals surface area contributed by atoms with Crippen LogP contribution in [0.5, 0.6) is 0 Å². The Morgan fingerprint density at radius 2 is 2.10 bits per heavy atom. The zero-order valence-corrected chi connectivity index (χ0v) is 13.3. The monoisotopic (exact) mass is 290 g/mol. The quantitative estimate of drug-likeness (QED) is 0.842. The maximum absolute atomic E-state index is 12.5. The molecule has 1 amide bonds. The van der Waals surface area contributed by atoms with Crippen molar-refractivity contribution in [2.24, 2.45) is 0 Å². The molecule has 0 bridgehead atoms. The molecule has 5 nitrogen and oxygen atoms in total. The van der Waals surface area contributed by atoms with E-state index < -0.39 is 0 Å². The van der Waals surface area contributed by atoms with Gasteiger partial charge in [-0.15, -0.1) is 0 Å². The van der Waals surface area contributed by atoms with Crippen molar-refractivity contribution in [3.05, 3.63) is 23.9 Å². The first kappa shape index (κ1) is 15.8. The third kappa shape index (κ3) is 3.53. The van der Waals surface area contributed by atoms with Crippen molar-refractivity contribution in [1.82, 2.24) is 15.2 Å². The van der Waals surface area contributed by atoms with Gasteiger partial charge in [0, 0.05) is 24.8 Å². The summed E-state index contributed by atoms with van der Waals surface area (Å²) in [7, 11) is 4.21. The summed E-state index contributed by atoms with van der Waals surface area (Å²) in [4.78, 5) is 19.0. The van der Waals surface area contributed by atoms with Crippen molar-refractivity contribution >= 4 is 11.7 Å². The molecule has 0 atom stereocenters. The highest BCUT2D eigenvalue weighted by Gasteiger charge is 2.36. The molecule has 1 saturated carbocycles. The van der Waals surface area contributed by atoms with Crippen LogP contribution in [0.25, 0.3) is 0 Å². The van der Waals surface area contributed by atoms with Gasteiger partial charge in [-0.05, 0) is 46.0 Å². The molecule has 2 N–H and O–H groups in total. The van der Waals surface area contributed by atoms with Crippen LogP contribution in [0.2, 0.25) is 0 Å². The highest BCUT2D eigenvalue weighted by Crippen LogP contribution is 2.33.